The largest absolute Gasteiger partial charge is 0.379 e. The lowest BCUT2D eigenvalue weighted by atomic mass is 10.4. The van der Waals surface area contributed by atoms with Crippen LogP contribution in [0.1, 0.15) is 26.2 Å². The Bertz CT molecular complexity index is 361. The molecule has 146 valence electrons. The van der Waals surface area contributed by atoms with Crippen LogP contribution in [0.5, 0.6) is 0 Å². The maximum absolute atomic E-state index is 11.8. The minimum Gasteiger partial charge on any atom is -0.379 e. The Balaban J connectivity index is 1.81. The van der Waals surface area contributed by atoms with Gasteiger partial charge in [-0.3, -0.25) is 9.59 Å². The molecule has 1 rings (SSSR count). The van der Waals surface area contributed by atoms with Crippen molar-refractivity contribution >= 4 is 11.8 Å². The Labute approximate surface area is 150 Å². The number of amides is 2. The topological polar surface area (TPSA) is 86.3 Å². The van der Waals surface area contributed by atoms with Gasteiger partial charge in [0.25, 0.3) is 0 Å². The molecule has 0 bridgehead atoms. The predicted molar refractivity (Wildman–Crippen MR) is 92.4 cm³/mol. The van der Waals surface area contributed by atoms with E-state index in [-0.39, 0.29) is 24.8 Å². The van der Waals surface area contributed by atoms with E-state index in [0.29, 0.717) is 52.9 Å². The number of hydrogen-bond acceptors (Lipinski definition) is 6. The van der Waals surface area contributed by atoms with Crippen LogP contribution in [-0.4, -0.2) is 89.2 Å². The number of ether oxygens (including phenoxy) is 4. The van der Waals surface area contributed by atoms with Gasteiger partial charge in [0.1, 0.15) is 0 Å². The number of likely N-dealkylation sites (tertiary alicyclic amines) is 1. The molecule has 25 heavy (non-hydrogen) atoms. The van der Waals surface area contributed by atoms with Crippen molar-refractivity contribution in [1.29, 1.82) is 0 Å². The van der Waals surface area contributed by atoms with E-state index in [0.717, 1.165) is 25.9 Å². The Morgan fingerprint density at radius 3 is 1.92 bits per heavy atom. The first-order valence-electron chi connectivity index (χ1n) is 9.09. The zero-order valence-corrected chi connectivity index (χ0v) is 15.3. The van der Waals surface area contributed by atoms with E-state index in [2.05, 4.69) is 5.32 Å². The normalized spacial score (nSPS) is 14.0. The summed E-state index contributed by atoms with van der Waals surface area (Å²) in [5.41, 5.74) is 0. The lowest BCUT2D eigenvalue weighted by Gasteiger charge is -2.15. The molecule has 0 aromatic rings. The molecule has 0 radical (unpaired) electrons. The number of carbonyl (C=O) groups excluding carboxylic acids is 2. The number of hydrogen-bond donors (Lipinski definition) is 1. The fourth-order valence-electron chi connectivity index (χ4n) is 2.31. The van der Waals surface area contributed by atoms with Crippen LogP contribution in [0.2, 0.25) is 0 Å². The van der Waals surface area contributed by atoms with E-state index in [1.807, 2.05) is 6.92 Å². The van der Waals surface area contributed by atoms with Crippen LogP contribution in [-0.2, 0) is 28.5 Å². The second-order valence-electron chi connectivity index (χ2n) is 5.65. The predicted octanol–water partition coefficient (Wildman–Crippen LogP) is 0.201. The summed E-state index contributed by atoms with van der Waals surface area (Å²) in [4.78, 5) is 25.2. The monoisotopic (exact) mass is 360 g/mol. The third kappa shape index (κ3) is 11.9. The summed E-state index contributed by atoms with van der Waals surface area (Å²) in [7, 11) is 0. The summed E-state index contributed by atoms with van der Waals surface area (Å²) < 4.78 is 21.1. The van der Waals surface area contributed by atoms with Crippen LogP contribution in [0.3, 0.4) is 0 Å². The van der Waals surface area contributed by atoms with Crippen LogP contribution in [0.25, 0.3) is 0 Å². The summed E-state index contributed by atoms with van der Waals surface area (Å²) >= 11 is 0. The van der Waals surface area contributed by atoms with E-state index in [4.69, 9.17) is 18.9 Å². The fraction of sp³-hybridized carbons (Fsp3) is 0.882. The number of nitrogens with zero attached hydrogens (tertiary/aromatic N) is 1. The zero-order valence-electron chi connectivity index (χ0n) is 15.3. The highest BCUT2D eigenvalue weighted by molar-refractivity contribution is 5.84. The maximum atomic E-state index is 11.8. The van der Waals surface area contributed by atoms with Gasteiger partial charge in [0.15, 0.2) is 0 Å². The van der Waals surface area contributed by atoms with Crippen molar-refractivity contribution in [3.05, 3.63) is 0 Å². The van der Waals surface area contributed by atoms with Gasteiger partial charge in [-0.05, 0) is 19.8 Å². The highest BCUT2D eigenvalue weighted by Gasteiger charge is 2.17. The summed E-state index contributed by atoms with van der Waals surface area (Å²) in [5.74, 6) is -0.181. The average Bonchev–Trinajstić information content (AvgIpc) is 3.15. The highest BCUT2D eigenvalue weighted by atomic mass is 16.6. The van der Waals surface area contributed by atoms with E-state index in [9.17, 15) is 9.59 Å². The minimum atomic E-state index is -0.170. The number of rotatable bonds is 15. The van der Waals surface area contributed by atoms with Crippen molar-refractivity contribution in [2.45, 2.75) is 26.2 Å². The van der Waals surface area contributed by atoms with Crippen molar-refractivity contribution < 1.29 is 28.5 Å². The number of carbonyl (C=O) groups is 2. The fourth-order valence-corrected chi connectivity index (χ4v) is 2.31. The molecule has 1 saturated heterocycles. The lowest BCUT2D eigenvalue weighted by molar-refractivity contribution is -0.132. The molecular formula is C17H32N2O6. The number of nitrogens with one attached hydrogen (secondary N) is 1. The van der Waals surface area contributed by atoms with E-state index in [1.54, 1.807) is 4.90 Å². The summed E-state index contributed by atoms with van der Waals surface area (Å²) in [6.45, 7) is 7.74. The van der Waals surface area contributed by atoms with Crippen molar-refractivity contribution in [2.75, 3.05) is 72.5 Å². The molecule has 8 heteroatoms. The van der Waals surface area contributed by atoms with E-state index in [1.165, 1.54) is 0 Å². The van der Waals surface area contributed by atoms with Gasteiger partial charge in [-0.1, -0.05) is 0 Å². The van der Waals surface area contributed by atoms with E-state index < -0.39 is 0 Å². The Kier molecular flexibility index (Phi) is 13.2. The molecule has 8 nitrogen and oxygen atoms in total. The molecule has 0 atom stereocenters. The second kappa shape index (κ2) is 15.1. The first-order chi connectivity index (χ1) is 12.2. The Morgan fingerprint density at radius 1 is 0.840 bits per heavy atom. The van der Waals surface area contributed by atoms with Crippen LogP contribution < -0.4 is 5.32 Å². The van der Waals surface area contributed by atoms with Gasteiger partial charge < -0.3 is 29.2 Å². The first kappa shape index (κ1) is 21.8. The molecule has 1 aliphatic heterocycles. The quantitative estimate of drug-likeness (QED) is 0.420. The molecule has 1 aliphatic rings. The molecule has 1 fully saturated rings. The first-order valence-corrected chi connectivity index (χ1v) is 9.09. The molecule has 0 saturated carbocycles. The van der Waals surface area contributed by atoms with Crippen LogP contribution in [0.15, 0.2) is 0 Å². The van der Waals surface area contributed by atoms with Crippen LogP contribution in [0.4, 0.5) is 0 Å². The van der Waals surface area contributed by atoms with Gasteiger partial charge in [-0.2, -0.15) is 0 Å². The molecular weight excluding hydrogens is 328 g/mol. The summed E-state index contributed by atoms with van der Waals surface area (Å²) in [6.07, 6.45) is 2.35. The molecule has 1 heterocycles. The smallest absolute Gasteiger partial charge is 0.241 e. The van der Waals surface area contributed by atoms with Crippen molar-refractivity contribution in [1.82, 2.24) is 10.2 Å². The maximum Gasteiger partial charge on any atom is 0.241 e. The van der Waals surface area contributed by atoms with Crippen molar-refractivity contribution in [2.24, 2.45) is 0 Å². The van der Waals surface area contributed by atoms with Crippen LogP contribution >= 0.6 is 0 Å². The zero-order chi connectivity index (χ0) is 18.2. The molecule has 0 aromatic carbocycles. The van der Waals surface area contributed by atoms with Gasteiger partial charge in [-0.15, -0.1) is 0 Å². The van der Waals surface area contributed by atoms with Crippen molar-refractivity contribution in [3.8, 4) is 0 Å². The molecule has 0 aliphatic carbocycles. The molecule has 0 unspecified atom stereocenters. The lowest BCUT2D eigenvalue weighted by Crippen LogP contribution is -2.38. The minimum absolute atomic E-state index is 0.0105. The standard InChI is InChI=1S/C17H32N2O6/c1-2-22-9-10-24-13-14-25-12-11-23-8-5-16(20)18-15-17(21)19-6-3-4-7-19/h2-15H2,1H3,(H,18,20). The van der Waals surface area contributed by atoms with Gasteiger partial charge >= 0.3 is 0 Å². The third-order valence-electron chi connectivity index (χ3n) is 3.69. The molecule has 2 amide bonds. The Morgan fingerprint density at radius 2 is 1.36 bits per heavy atom. The Hall–Kier alpha value is -1.22. The second-order valence-corrected chi connectivity index (χ2v) is 5.65. The molecule has 1 N–H and O–H groups in total. The van der Waals surface area contributed by atoms with Crippen LogP contribution in [0, 0.1) is 0 Å². The molecule has 0 aromatic heterocycles. The van der Waals surface area contributed by atoms with Gasteiger partial charge in [-0.25, -0.2) is 0 Å². The SMILES string of the molecule is CCOCCOCCOCCOCCC(=O)NCC(=O)N1CCCC1. The molecule has 0 spiro atoms. The average molecular weight is 360 g/mol. The van der Waals surface area contributed by atoms with E-state index >= 15 is 0 Å². The van der Waals surface area contributed by atoms with Crippen molar-refractivity contribution in [3.63, 3.8) is 0 Å². The van der Waals surface area contributed by atoms with Gasteiger partial charge in [0.05, 0.1) is 52.8 Å². The van der Waals surface area contributed by atoms with Gasteiger partial charge in [0, 0.05) is 26.1 Å². The highest BCUT2D eigenvalue weighted by Crippen LogP contribution is 2.06. The van der Waals surface area contributed by atoms with Gasteiger partial charge in [0.2, 0.25) is 11.8 Å². The summed E-state index contributed by atoms with van der Waals surface area (Å²) in [6, 6.07) is 0. The summed E-state index contributed by atoms with van der Waals surface area (Å²) in [5, 5.41) is 2.63. The third-order valence-corrected chi connectivity index (χ3v) is 3.69.